The first-order valence-corrected chi connectivity index (χ1v) is 9.01. The van der Waals surface area contributed by atoms with Crippen molar-refractivity contribution in [2.24, 2.45) is 5.10 Å². The summed E-state index contributed by atoms with van der Waals surface area (Å²) in [5.74, 6) is 0.254. The number of carbonyl (C=O) groups excluding carboxylic acids is 1. The molecule has 2 aromatic rings. The minimum absolute atomic E-state index is 0.323. The lowest BCUT2D eigenvalue weighted by atomic mass is 10.2. The largest absolute Gasteiger partial charge is 0.481 e. The zero-order chi connectivity index (χ0) is 18.9. The van der Waals surface area contributed by atoms with E-state index >= 15 is 0 Å². The van der Waals surface area contributed by atoms with Gasteiger partial charge in [0.05, 0.1) is 6.21 Å². The molecule has 0 aliphatic rings. The Morgan fingerprint density at radius 3 is 2.35 bits per heavy atom. The molecule has 1 atom stereocenters. The second-order valence-electron chi connectivity index (χ2n) is 5.71. The minimum atomic E-state index is -0.668. The predicted octanol–water partition coefficient (Wildman–Crippen LogP) is 4.10. The van der Waals surface area contributed by atoms with Crippen LogP contribution in [0.25, 0.3) is 0 Å². The summed E-state index contributed by atoms with van der Waals surface area (Å²) in [6, 6.07) is 14.9. The molecule has 1 N–H and O–H groups in total. The molecule has 0 saturated carbocycles. The molecule has 0 spiro atoms. The fourth-order valence-electron chi connectivity index (χ4n) is 2.39. The van der Waals surface area contributed by atoms with Crippen LogP contribution in [0.15, 0.2) is 53.6 Å². The van der Waals surface area contributed by atoms with Gasteiger partial charge in [-0.05, 0) is 62.7 Å². The summed E-state index contributed by atoms with van der Waals surface area (Å²) in [6.45, 7) is 7.85. The number of benzene rings is 2. The molecule has 0 aliphatic carbocycles. The molecule has 0 radical (unpaired) electrons. The van der Waals surface area contributed by atoms with Gasteiger partial charge in [-0.15, -0.1) is 0 Å². The molecule has 138 valence electrons. The molecule has 0 aliphatic heterocycles. The molecule has 5 nitrogen and oxygen atoms in total. The normalized spacial score (nSPS) is 12.0. The number of nitrogens with zero attached hydrogens (tertiary/aromatic N) is 2. The molecule has 0 unspecified atom stereocenters. The Labute approximate surface area is 159 Å². The minimum Gasteiger partial charge on any atom is -0.481 e. The molecule has 6 heteroatoms. The van der Waals surface area contributed by atoms with Crippen LogP contribution in [0.2, 0.25) is 5.02 Å². The number of hydrazone groups is 1. The first kappa shape index (κ1) is 19.8. The van der Waals surface area contributed by atoms with Gasteiger partial charge in [0.2, 0.25) is 0 Å². The molecular weight excluding hydrogens is 350 g/mol. The van der Waals surface area contributed by atoms with Gasteiger partial charge in [0.15, 0.2) is 6.10 Å². The van der Waals surface area contributed by atoms with Crippen molar-refractivity contribution in [1.82, 2.24) is 5.43 Å². The summed E-state index contributed by atoms with van der Waals surface area (Å²) in [5.41, 5.74) is 4.57. The SMILES string of the molecule is CCN(CC)c1ccc(/C=N\NC(=O)[C@@H](C)Oc2ccc(Cl)cc2)cc1. The lowest BCUT2D eigenvalue weighted by Crippen LogP contribution is -2.33. The number of hydrogen-bond acceptors (Lipinski definition) is 4. The van der Waals surface area contributed by atoms with Gasteiger partial charge < -0.3 is 9.64 Å². The highest BCUT2D eigenvalue weighted by molar-refractivity contribution is 6.30. The fourth-order valence-corrected chi connectivity index (χ4v) is 2.52. The van der Waals surface area contributed by atoms with E-state index in [2.05, 4.69) is 29.3 Å². The summed E-state index contributed by atoms with van der Waals surface area (Å²) in [5, 5.41) is 4.61. The van der Waals surface area contributed by atoms with Gasteiger partial charge in [0.25, 0.3) is 5.91 Å². The Morgan fingerprint density at radius 1 is 1.15 bits per heavy atom. The van der Waals surface area contributed by atoms with Crippen molar-refractivity contribution in [2.75, 3.05) is 18.0 Å². The molecule has 26 heavy (non-hydrogen) atoms. The number of hydrogen-bond donors (Lipinski definition) is 1. The quantitative estimate of drug-likeness (QED) is 0.559. The van der Waals surface area contributed by atoms with Crippen molar-refractivity contribution < 1.29 is 9.53 Å². The van der Waals surface area contributed by atoms with Crippen molar-refractivity contribution in [3.8, 4) is 5.75 Å². The van der Waals surface area contributed by atoms with Crippen LogP contribution in [0.1, 0.15) is 26.3 Å². The molecule has 1 amide bonds. The molecule has 0 aromatic heterocycles. The van der Waals surface area contributed by atoms with Crippen LogP contribution in [0.3, 0.4) is 0 Å². The van der Waals surface area contributed by atoms with E-state index in [0.717, 1.165) is 18.7 Å². The van der Waals surface area contributed by atoms with Crippen LogP contribution < -0.4 is 15.1 Å². The Morgan fingerprint density at radius 2 is 1.77 bits per heavy atom. The highest BCUT2D eigenvalue weighted by Crippen LogP contribution is 2.17. The number of halogens is 1. The van der Waals surface area contributed by atoms with E-state index in [9.17, 15) is 4.79 Å². The Bertz CT molecular complexity index is 726. The average molecular weight is 374 g/mol. The summed E-state index contributed by atoms with van der Waals surface area (Å²) in [6.07, 6.45) is 0.942. The highest BCUT2D eigenvalue weighted by atomic mass is 35.5. The van der Waals surface area contributed by atoms with Gasteiger partial charge in [-0.1, -0.05) is 23.7 Å². The zero-order valence-electron chi connectivity index (χ0n) is 15.3. The van der Waals surface area contributed by atoms with E-state index in [1.165, 1.54) is 5.69 Å². The lowest BCUT2D eigenvalue weighted by Gasteiger charge is -2.20. The standard InChI is InChI=1S/C20H24ClN3O2/c1-4-24(5-2)18-10-6-16(7-11-18)14-22-23-20(25)15(3)26-19-12-8-17(21)9-13-19/h6-15H,4-5H2,1-3H3,(H,23,25)/b22-14-/t15-/m1/s1. The van der Waals surface area contributed by atoms with Gasteiger partial charge >= 0.3 is 0 Å². The van der Waals surface area contributed by atoms with Crippen molar-refractivity contribution in [3.05, 3.63) is 59.1 Å². The van der Waals surface area contributed by atoms with Crippen LogP contribution in [0.4, 0.5) is 5.69 Å². The van der Waals surface area contributed by atoms with Gasteiger partial charge in [0, 0.05) is 23.8 Å². The second kappa shape index (κ2) is 9.82. The van der Waals surface area contributed by atoms with Gasteiger partial charge in [-0.2, -0.15) is 5.10 Å². The Kier molecular flexibility index (Phi) is 7.48. The monoisotopic (exact) mass is 373 g/mol. The molecule has 0 bridgehead atoms. The van der Waals surface area contributed by atoms with Crippen molar-refractivity contribution in [2.45, 2.75) is 26.9 Å². The van der Waals surface area contributed by atoms with Crippen LogP contribution in [0.5, 0.6) is 5.75 Å². The highest BCUT2D eigenvalue weighted by Gasteiger charge is 2.13. The summed E-state index contributed by atoms with van der Waals surface area (Å²) in [7, 11) is 0. The molecule has 0 fully saturated rings. The maximum atomic E-state index is 12.0. The molecular formula is C20H24ClN3O2. The maximum absolute atomic E-state index is 12.0. The van der Waals surface area contributed by atoms with E-state index < -0.39 is 6.10 Å². The first-order chi connectivity index (χ1) is 12.5. The zero-order valence-corrected chi connectivity index (χ0v) is 16.0. The van der Waals surface area contributed by atoms with Crippen molar-refractivity contribution >= 4 is 29.4 Å². The Hall–Kier alpha value is -2.53. The third kappa shape index (κ3) is 5.77. The van der Waals surface area contributed by atoms with Crippen LogP contribution in [-0.4, -0.2) is 31.3 Å². The van der Waals surface area contributed by atoms with Crippen molar-refractivity contribution in [3.63, 3.8) is 0 Å². The number of anilines is 1. The molecule has 0 heterocycles. The van der Waals surface area contributed by atoms with Gasteiger partial charge in [0.1, 0.15) is 5.75 Å². The van der Waals surface area contributed by atoms with E-state index in [1.807, 2.05) is 24.3 Å². The number of rotatable bonds is 8. The topological polar surface area (TPSA) is 53.9 Å². The van der Waals surface area contributed by atoms with Crippen LogP contribution in [0, 0.1) is 0 Å². The summed E-state index contributed by atoms with van der Waals surface area (Å²) in [4.78, 5) is 14.3. The fraction of sp³-hybridized carbons (Fsp3) is 0.300. The van der Waals surface area contributed by atoms with E-state index in [4.69, 9.17) is 16.3 Å². The number of ether oxygens (including phenoxy) is 1. The third-order valence-corrected chi connectivity index (χ3v) is 4.16. The summed E-state index contributed by atoms with van der Waals surface area (Å²) >= 11 is 5.82. The van der Waals surface area contributed by atoms with Gasteiger partial charge in [-0.3, -0.25) is 4.79 Å². The number of carbonyl (C=O) groups is 1. The predicted molar refractivity (Wildman–Crippen MR) is 107 cm³/mol. The molecule has 2 aromatic carbocycles. The number of nitrogens with one attached hydrogen (secondary N) is 1. The summed E-state index contributed by atoms with van der Waals surface area (Å²) < 4.78 is 5.55. The third-order valence-electron chi connectivity index (χ3n) is 3.91. The average Bonchev–Trinajstić information content (AvgIpc) is 2.65. The second-order valence-corrected chi connectivity index (χ2v) is 6.15. The number of amides is 1. The lowest BCUT2D eigenvalue weighted by molar-refractivity contribution is -0.127. The van der Waals surface area contributed by atoms with E-state index in [-0.39, 0.29) is 5.91 Å². The van der Waals surface area contributed by atoms with E-state index in [0.29, 0.717) is 10.8 Å². The van der Waals surface area contributed by atoms with Crippen molar-refractivity contribution in [1.29, 1.82) is 0 Å². The van der Waals surface area contributed by atoms with E-state index in [1.54, 1.807) is 37.4 Å². The molecule has 0 saturated heterocycles. The molecule has 2 rings (SSSR count). The van der Waals surface area contributed by atoms with Crippen LogP contribution in [-0.2, 0) is 4.79 Å². The van der Waals surface area contributed by atoms with Gasteiger partial charge in [-0.25, -0.2) is 5.43 Å². The maximum Gasteiger partial charge on any atom is 0.280 e. The van der Waals surface area contributed by atoms with Crippen LogP contribution >= 0.6 is 11.6 Å². The first-order valence-electron chi connectivity index (χ1n) is 8.63. The smallest absolute Gasteiger partial charge is 0.280 e. The Balaban J connectivity index is 1.86.